The zero-order chi connectivity index (χ0) is 7.11. The van der Waals surface area contributed by atoms with Crippen LogP contribution in [0.25, 0.3) is 0 Å². The Morgan fingerprint density at radius 3 is 1.78 bits per heavy atom. The van der Waals surface area contributed by atoms with E-state index in [0.717, 1.165) is 0 Å². The van der Waals surface area contributed by atoms with E-state index in [-0.39, 0.29) is 0 Å². The Kier molecular flexibility index (Phi) is 5.70. The second-order valence-corrected chi connectivity index (χ2v) is 2.45. The van der Waals surface area contributed by atoms with Gasteiger partial charge in [-0.25, -0.2) is 0 Å². The van der Waals surface area contributed by atoms with Crippen LogP contribution in [0.15, 0.2) is 11.6 Å². The summed E-state index contributed by atoms with van der Waals surface area (Å²) in [6.07, 6.45) is 7.43. The molecule has 0 rings (SSSR count). The van der Waals surface area contributed by atoms with Gasteiger partial charge in [0.25, 0.3) is 0 Å². The molecule has 0 amide bonds. The fourth-order valence-electron chi connectivity index (χ4n) is 1.06. The van der Waals surface area contributed by atoms with Crippen LogP contribution in [0.5, 0.6) is 0 Å². The van der Waals surface area contributed by atoms with Gasteiger partial charge in [0.1, 0.15) is 0 Å². The zero-order valence-corrected chi connectivity index (χ0v) is 6.91. The van der Waals surface area contributed by atoms with Gasteiger partial charge in [-0.05, 0) is 19.8 Å². The molecular weight excluding hydrogens is 108 g/mol. The molecule has 0 saturated heterocycles. The summed E-state index contributed by atoms with van der Waals surface area (Å²) in [7, 11) is 0. The number of hydrogen-bond donors (Lipinski definition) is 0. The molecule has 0 aliphatic heterocycles. The van der Waals surface area contributed by atoms with Crippen LogP contribution in [0, 0.1) is 0 Å². The van der Waals surface area contributed by atoms with Gasteiger partial charge in [-0.3, -0.25) is 0 Å². The normalized spacial score (nSPS) is 9.22. The molecule has 0 atom stereocenters. The first-order chi connectivity index (χ1) is 4.35. The Hall–Kier alpha value is -0.260. The molecule has 0 heteroatoms. The van der Waals surface area contributed by atoms with Crippen molar-refractivity contribution in [3.05, 3.63) is 11.6 Å². The van der Waals surface area contributed by atoms with E-state index >= 15 is 0 Å². The molecule has 0 aromatic carbocycles. The van der Waals surface area contributed by atoms with Gasteiger partial charge in [0.15, 0.2) is 0 Å². The lowest BCUT2D eigenvalue weighted by Gasteiger charge is -2.00. The Bertz CT molecular complexity index is 72.0. The van der Waals surface area contributed by atoms with Crippen LogP contribution in [0.1, 0.15) is 46.5 Å². The third kappa shape index (κ3) is 4.26. The average Bonchev–Trinajstić information content (AvgIpc) is 1.88. The molecule has 0 fully saturated rings. The highest BCUT2D eigenvalue weighted by Gasteiger charge is 1.90. The van der Waals surface area contributed by atoms with Crippen molar-refractivity contribution in [2.45, 2.75) is 46.5 Å². The van der Waals surface area contributed by atoms with E-state index in [2.05, 4.69) is 26.8 Å². The predicted octanol–water partition coefficient (Wildman–Crippen LogP) is 3.53. The lowest BCUT2D eigenvalue weighted by molar-refractivity contribution is 0.801. The molecule has 0 nitrogen and oxygen atoms in total. The molecule has 0 heterocycles. The topological polar surface area (TPSA) is 0 Å². The van der Waals surface area contributed by atoms with Gasteiger partial charge < -0.3 is 0 Å². The maximum absolute atomic E-state index is 2.26. The van der Waals surface area contributed by atoms with Crippen molar-refractivity contribution in [2.24, 2.45) is 0 Å². The van der Waals surface area contributed by atoms with Crippen LogP contribution in [0.3, 0.4) is 0 Å². The highest BCUT2D eigenvalue weighted by Crippen LogP contribution is 2.10. The molecular formula is C9H18. The summed E-state index contributed by atoms with van der Waals surface area (Å²) >= 11 is 0. The van der Waals surface area contributed by atoms with Crippen molar-refractivity contribution in [3.63, 3.8) is 0 Å². The Morgan fingerprint density at radius 1 is 1.11 bits per heavy atom. The maximum atomic E-state index is 2.26. The van der Waals surface area contributed by atoms with Crippen molar-refractivity contribution >= 4 is 0 Å². The van der Waals surface area contributed by atoms with Crippen LogP contribution in [0.2, 0.25) is 0 Å². The summed E-state index contributed by atoms with van der Waals surface area (Å²) in [6.45, 7) is 6.61. The van der Waals surface area contributed by atoms with Crippen LogP contribution < -0.4 is 0 Å². The van der Waals surface area contributed by atoms with Crippen LogP contribution in [-0.2, 0) is 0 Å². The minimum absolute atomic E-state index is 1.29. The minimum atomic E-state index is 1.29. The van der Waals surface area contributed by atoms with Crippen LogP contribution >= 0.6 is 0 Å². The van der Waals surface area contributed by atoms with Crippen LogP contribution in [-0.4, -0.2) is 0 Å². The maximum Gasteiger partial charge on any atom is -0.0323 e. The van der Waals surface area contributed by atoms with E-state index in [1.807, 2.05) is 0 Å². The first kappa shape index (κ1) is 8.74. The molecule has 0 aliphatic rings. The van der Waals surface area contributed by atoms with Gasteiger partial charge in [0.05, 0.1) is 0 Å². The van der Waals surface area contributed by atoms with Crippen molar-refractivity contribution in [2.75, 3.05) is 0 Å². The fraction of sp³-hybridized carbons (Fsp3) is 0.778. The minimum Gasteiger partial charge on any atom is -0.0885 e. The van der Waals surface area contributed by atoms with Crippen molar-refractivity contribution in [1.82, 2.24) is 0 Å². The van der Waals surface area contributed by atoms with Crippen molar-refractivity contribution in [3.8, 4) is 0 Å². The molecule has 0 radical (unpaired) electrons. The van der Waals surface area contributed by atoms with E-state index in [9.17, 15) is 0 Å². The summed E-state index contributed by atoms with van der Waals surface area (Å²) in [6, 6.07) is 0. The van der Waals surface area contributed by atoms with Gasteiger partial charge in [-0.15, -0.1) is 0 Å². The lowest BCUT2D eigenvalue weighted by atomic mass is 10.1. The third-order valence-electron chi connectivity index (χ3n) is 1.55. The quantitative estimate of drug-likeness (QED) is 0.505. The molecule has 0 N–H and O–H groups in total. The van der Waals surface area contributed by atoms with E-state index in [0.29, 0.717) is 0 Å². The molecule has 0 unspecified atom stereocenters. The Labute approximate surface area is 59.0 Å². The monoisotopic (exact) mass is 126 g/mol. The zero-order valence-electron chi connectivity index (χ0n) is 6.91. The molecule has 0 bridgehead atoms. The molecule has 0 aromatic heterocycles. The van der Waals surface area contributed by atoms with Gasteiger partial charge in [-0.2, -0.15) is 0 Å². The van der Waals surface area contributed by atoms with Gasteiger partial charge in [-0.1, -0.05) is 38.3 Å². The summed E-state index contributed by atoms with van der Waals surface area (Å²) < 4.78 is 0. The summed E-state index contributed by atoms with van der Waals surface area (Å²) in [5.74, 6) is 0. The summed E-state index contributed by atoms with van der Waals surface area (Å²) in [4.78, 5) is 0. The van der Waals surface area contributed by atoms with Crippen molar-refractivity contribution in [1.29, 1.82) is 0 Å². The van der Waals surface area contributed by atoms with E-state index in [4.69, 9.17) is 0 Å². The van der Waals surface area contributed by atoms with E-state index in [1.165, 1.54) is 25.7 Å². The van der Waals surface area contributed by atoms with Gasteiger partial charge in [0, 0.05) is 0 Å². The lowest BCUT2D eigenvalue weighted by Crippen LogP contribution is -1.80. The second-order valence-electron chi connectivity index (χ2n) is 2.45. The summed E-state index contributed by atoms with van der Waals surface area (Å²) in [5.41, 5.74) is 1.63. The number of rotatable bonds is 4. The summed E-state index contributed by atoms with van der Waals surface area (Å²) in [5, 5.41) is 0. The molecule has 0 spiro atoms. The molecule has 9 heavy (non-hydrogen) atoms. The Balaban J connectivity index is 3.43. The van der Waals surface area contributed by atoms with E-state index < -0.39 is 0 Å². The fourth-order valence-corrected chi connectivity index (χ4v) is 1.06. The number of hydrogen-bond acceptors (Lipinski definition) is 0. The molecule has 0 saturated carbocycles. The highest BCUT2D eigenvalue weighted by molar-refractivity contribution is 4.99. The molecule has 0 aliphatic carbocycles. The highest BCUT2D eigenvalue weighted by atomic mass is 14.0. The third-order valence-corrected chi connectivity index (χ3v) is 1.55. The predicted molar refractivity (Wildman–Crippen MR) is 43.6 cm³/mol. The first-order valence-electron chi connectivity index (χ1n) is 3.99. The Morgan fingerprint density at radius 2 is 1.56 bits per heavy atom. The van der Waals surface area contributed by atoms with Crippen molar-refractivity contribution < 1.29 is 0 Å². The van der Waals surface area contributed by atoms with E-state index in [1.54, 1.807) is 5.57 Å². The smallest absolute Gasteiger partial charge is 0.0323 e. The second kappa shape index (κ2) is 5.87. The standard InChI is InChI=1S/C9H18/c1-4-7-9(6-3)8-5-2/h6H,4-5,7-8H2,1-3H3. The number of allylic oxidation sites excluding steroid dienone is 2. The molecule has 0 aromatic rings. The van der Waals surface area contributed by atoms with Gasteiger partial charge >= 0.3 is 0 Å². The molecule has 54 valence electrons. The SMILES string of the molecule is CC=C(CCC)CCC. The largest absolute Gasteiger partial charge is 0.0885 e. The van der Waals surface area contributed by atoms with Crippen LogP contribution in [0.4, 0.5) is 0 Å². The van der Waals surface area contributed by atoms with Gasteiger partial charge in [0.2, 0.25) is 0 Å². The average molecular weight is 126 g/mol. The first-order valence-corrected chi connectivity index (χ1v) is 3.99.